The standard InChI is InChI=1S/C23H24N8O2/c1-14-4-6-16(7-5-14)26-21(32)13-18-12-20(31-30-18)28-23-25-15(2)24-22(29-23)27-17-8-10-19(33-3)11-9-17/h4-12H,13H2,1-3H3,(H,26,32)(H3,24,25,27,28,29,30,31). The van der Waals surface area contributed by atoms with Crippen LogP contribution < -0.4 is 20.7 Å². The van der Waals surface area contributed by atoms with E-state index in [0.29, 0.717) is 29.2 Å². The molecule has 0 aliphatic heterocycles. The van der Waals surface area contributed by atoms with Crippen LogP contribution in [-0.4, -0.2) is 38.2 Å². The number of nitrogens with one attached hydrogen (secondary N) is 4. The average molecular weight is 444 g/mol. The van der Waals surface area contributed by atoms with E-state index in [4.69, 9.17) is 4.74 Å². The van der Waals surface area contributed by atoms with Gasteiger partial charge < -0.3 is 20.7 Å². The van der Waals surface area contributed by atoms with Crippen LogP contribution in [0.1, 0.15) is 17.1 Å². The molecule has 10 heteroatoms. The van der Waals surface area contributed by atoms with Gasteiger partial charge in [0, 0.05) is 23.1 Å². The molecule has 0 aliphatic rings. The number of carbonyl (C=O) groups excluding carboxylic acids is 1. The molecule has 10 nitrogen and oxygen atoms in total. The smallest absolute Gasteiger partial charge is 0.233 e. The Balaban J connectivity index is 1.38. The van der Waals surface area contributed by atoms with Crippen molar-refractivity contribution in [2.75, 3.05) is 23.1 Å². The Kier molecular flexibility index (Phi) is 6.44. The van der Waals surface area contributed by atoms with Gasteiger partial charge in [-0.25, -0.2) is 0 Å². The fraction of sp³-hybridized carbons (Fsp3) is 0.174. The van der Waals surface area contributed by atoms with Gasteiger partial charge in [0.15, 0.2) is 5.82 Å². The van der Waals surface area contributed by atoms with Crippen LogP contribution >= 0.6 is 0 Å². The van der Waals surface area contributed by atoms with E-state index in [-0.39, 0.29) is 12.3 Å². The number of anilines is 5. The lowest BCUT2D eigenvalue weighted by Gasteiger charge is -2.08. The fourth-order valence-corrected chi connectivity index (χ4v) is 3.04. The number of aromatic amines is 1. The van der Waals surface area contributed by atoms with Gasteiger partial charge in [-0.3, -0.25) is 9.89 Å². The highest BCUT2D eigenvalue weighted by molar-refractivity contribution is 5.92. The Morgan fingerprint density at radius 2 is 1.58 bits per heavy atom. The average Bonchev–Trinajstić information content (AvgIpc) is 3.22. The second kappa shape index (κ2) is 9.77. The van der Waals surface area contributed by atoms with Crippen LogP contribution in [-0.2, 0) is 11.2 Å². The molecule has 33 heavy (non-hydrogen) atoms. The van der Waals surface area contributed by atoms with Crippen molar-refractivity contribution in [3.05, 3.63) is 71.7 Å². The first kappa shape index (κ1) is 21.8. The second-order valence-corrected chi connectivity index (χ2v) is 7.38. The van der Waals surface area contributed by atoms with Gasteiger partial charge in [-0.2, -0.15) is 20.1 Å². The third kappa shape index (κ3) is 6.03. The molecule has 0 radical (unpaired) electrons. The lowest BCUT2D eigenvalue weighted by atomic mass is 10.2. The molecule has 2 aromatic heterocycles. The number of benzene rings is 2. The predicted molar refractivity (Wildman–Crippen MR) is 126 cm³/mol. The number of ether oxygens (including phenoxy) is 1. The minimum atomic E-state index is -0.143. The fourth-order valence-electron chi connectivity index (χ4n) is 3.04. The van der Waals surface area contributed by atoms with Crippen LogP contribution in [0.25, 0.3) is 0 Å². The largest absolute Gasteiger partial charge is 0.497 e. The molecule has 1 amide bonds. The SMILES string of the molecule is COc1ccc(Nc2nc(C)nc(Nc3cc(CC(=O)Nc4ccc(C)cc4)[nH]n3)n2)cc1. The van der Waals surface area contributed by atoms with Crippen molar-refractivity contribution in [1.82, 2.24) is 25.1 Å². The lowest BCUT2D eigenvalue weighted by Crippen LogP contribution is -2.14. The molecular weight excluding hydrogens is 420 g/mol. The normalized spacial score (nSPS) is 10.5. The molecule has 0 bridgehead atoms. The molecule has 0 atom stereocenters. The van der Waals surface area contributed by atoms with E-state index in [1.165, 1.54) is 0 Å². The summed E-state index contributed by atoms with van der Waals surface area (Å²) in [5.74, 6) is 2.38. The molecule has 0 saturated carbocycles. The maximum Gasteiger partial charge on any atom is 0.233 e. The first-order valence-corrected chi connectivity index (χ1v) is 10.3. The topological polar surface area (TPSA) is 130 Å². The molecule has 0 saturated heterocycles. The van der Waals surface area contributed by atoms with Gasteiger partial charge in [0.25, 0.3) is 0 Å². The molecule has 0 spiro atoms. The molecule has 4 aromatic rings. The maximum atomic E-state index is 12.3. The van der Waals surface area contributed by atoms with E-state index in [9.17, 15) is 4.79 Å². The monoisotopic (exact) mass is 444 g/mol. The summed E-state index contributed by atoms with van der Waals surface area (Å²) in [5.41, 5.74) is 3.35. The highest BCUT2D eigenvalue weighted by Gasteiger charge is 2.10. The molecule has 4 N–H and O–H groups in total. The van der Waals surface area contributed by atoms with Gasteiger partial charge in [-0.05, 0) is 50.2 Å². The van der Waals surface area contributed by atoms with Gasteiger partial charge in [-0.15, -0.1) is 0 Å². The van der Waals surface area contributed by atoms with Crippen LogP contribution in [0.15, 0.2) is 54.6 Å². The van der Waals surface area contributed by atoms with E-state index < -0.39 is 0 Å². The molecular formula is C23H24N8O2. The zero-order valence-electron chi connectivity index (χ0n) is 18.5. The number of hydrogen-bond donors (Lipinski definition) is 4. The summed E-state index contributed by atoms with van der Waals surface area (Å²) >= 11 is 0. The summed E-state index contributed by atoms with van der Waals surface area (Å²) in [7, 11) is 1.62. The number of carbonyl (C=O) groups is 1. The summed E-state index contributed by atoms with van der Waals surface area (Å²) in [6.07, 6.45) is 0.156. The molecule has 0 fully saturated rings. The van der Waals surface area contributed by atoms with Crippen LogP contribution in [0.2, 0.25) is 0 Å². The Morgan fingerprint density at radius 3 is 2.27 bits per heavy atom. The molecule has 2 heterocycles. The van der Waals surface area contributed by atoms with Gasteiger partial charge >= 0.3 is 0 Å². The first-order chi connectivity index (χ1) is 16.0. The number of aromatic nitrogens is 5. The van der Waals surface area contributed by atoms with E-state index >= 15 is 0 Å². The summed E-state index contributed by atoms with van der Waals surface area (Å²) in [6, 6.07) is 16.8. The van der Waals surface area contributed by atoms with E-state index in [1.54, 1.807) is 20.1 Å². The Hall–Kier alpha value is -4.47. The quantitative estimate of drug-likeness (QED) is 0.322. The van der Waals surface area contributed by atoms with Gasteiger partial charge in [-0.1, -0.05) is 17.7 Å². The van der Waals surface area contributed by atoms with E-state index in [1.807, 2.05) is 55.5 Å². The van der Waals surface area contributed by atoms with Crippen molar-refractivity contribution in [2.24, 2.45) is 0 Å². The zero-order chi connectivity index (χ0) is 23.2. The third-order valence-electron chi connectivity index (χ3n) is 4.65. The first-order valence-electron chi connectivity index (χ1n) is 10.3. The maximum absolute atomic E-state index is 12.3. The number of nitrogens with zero attached hydrogens (tertiary/aromatic N) is 4. The zero-order valence-corrected chi connectivity index (χ0v) is 18.5. The van der Waals surface area contributed by atoms with Crippen molar-refractivity contribution >= 4 is 35.0 Å². The Labute approximate surface area is 190 Å². The molecule has 2 aromatic carbocycles. The molecule has 0 aliphatic carbocycles. The van der Waals surface area contributed by atoms with Crippen LogP contribution in [0.5, 0.6) is 5.75 Å². The van der Waals surface area contributed by atoms with Crippen molar-refractivity contribution in [3.63, 3.8) is 0 Å². The molecule has 4 rings (SSSR count). The number of hydrogen-bond acceptors (Lipinski definition) is 8. The Bertz CT molecular complexity index is 1240. The van der Waals surface area contributed by atoms with Gasteiger partial charge in [0.05, 0.1) is 13.5 Å². The summed E-state index contributed by atoms with van der Waals surface area (Å²) in [6.45, 7) is 3.77. The predicted octanol–water partition coefficient (Wildman–Crippen LogP) is 3.89. The van der Waals surface area contributed by atoms with Crippen molar-refractivity contribution in [2.45, 2.75) is 20.3 Å². The minimum absolute atomic E-state index is 0.143. The third-order valence-corrected chi connectivity index (χ3v) is 4.65. The van der Waals surface area contributed by atoms with Crippen LogP contribution in [0.3, 0.4) is 0 Å². The minimum Gasteiger partial charge on any atom is -0.497 e. The number of aryl methyl sites for hydroxylation is 2. The Morgan fingerprint density at radius 1 is 0.909 bits per heavy atom. The molecule has 168 valence electrons. The van der Waals surface area contributed by atoms with Crippen molar-refractivity contribution in [3.8, 4) is 5.75 Å². The molecule has 0 unspecified atom stereocenters. The summed E-state index contributed by atoms with van der Waals surface area (Å²) in [5, 5.41) is 16.1. The number of H-pyrrole nitrogens is 1. The second-order valence-electron chi connectivity index (χ2n) is 7.38. The highest BCUT2D eigenvalue weighted by Crippen LogP contribution is 2.19. The van der Waals surface area contributed by atoms with Crippen molar-refractivity contribution in [1.29, 1.82) is 0 Å². The number of rotatable bonds is 8. The van der Waals surface area contributed by atoms with Crippen molar-refractivity contribution < 1.29 is 9.53 Å². The van der Waals surface area contributed by atoms with Gasteiger partial charge in [0.2, 0.25) is 17.8 Å². The summed E-state index contributed by atoms with van der Waals surface area (Å²) in [4.78, 5) is 25.3. The van der Waals surface area contributed by atoms with Crippen LogP contribution in [0.4, 0.5) is 29.1 Å². The highest BCUT2D eigenvalue weighted by atomic mass is 16.5. The summed E-state index contributed by atoms with van der Waals surface area (Å²) < 4.78 is 5.17. The number of methoxy groups -OCH3 is 1. The van der Waals surface area contributed by atoms with Crippen LogP contribution in [0, 0.1) is 13.8 Å². The number of amides is 1. The van der Waals surface area contributed by atoms with E-state index in [2.05, 4.69) is 41.1 Å². The van der Waals surface area contributed by atoms with Gasteiger partial charge in [0.1, 0.15) is 11.6 Å². The van der Waals surface area contributed by atoms with E-state index in [0.717, 1.165) is 22.7 Å². The lowest BCUT2D eigenvalue weighted by molar-refractivity contribution is -0.115.